The molecule has 5 heteroatoms. The van der Waals surface area contributed by atoms with Gasteiger partial charge in [-0.2, -0.15) is 0 Å². The van der Waals surface area contributed by atoms with Crippen LogP contribution in [0, 0.1) is 0 Å². The zero-order chi connectivity index (χ0) is 9.80. The molecule has 0 radical (unpaired) electrons. The van der Waals surface area contributed by atoms with E-state index < -0.39 is 0 Å². The van der Waals surface area contributed by atoms with Gasteiger partial charge in [-0.15, -0.1) is 0 Å². The molecule has 0 aromatic carbocycles. The first-order valence-corrected chi connectivity index (χ1v) is 4.87. The van der Waals surface area contributed by atoms with E-state index >= 15 is 0 Å². The van der Waals surface area contributed by atoms with Gasteiger partial charge in [0.05, 0.1) is 0 Å². The second kappa shape index (κ2) is 4.34. The Morgan fingerprint density at radius 2 is 1.93 bits per heavy atom. The highest BCUT2D eigenvalue weighted by atomic mass is 15.3. The van der Waals surface area contributed by atoms with Crippen molar-refractivity contribution < 1.29 is 0 Å². The van der Waals surface area contributed by atoms with Crippen LogP contribution in [-0.4, -0.2) is 36.1 Å². The van der Waals surface area contributed by atoms with Crippen LogP contribution in [0.2, 0.25) is 0 Å². The lowest BCUT2D eigenvalue weighted by Crippen LogP contribution is -2.44. The Balaban J connectivity index is 2.07. The van der Waals surface area contributed by atoms with Crippen molar-refractivity contribution in [3.05, 3.63) is 18.0 Å². The molecule has 1 aromatic rings. The molecule has 3 N–H and O–H groups in total. The van der Waals surface area contributed by atoms with Gasteiger partial charge in [-0.1, -0.05) is 0 Å². The molecule has 0 amide bonds. The summed E-state index contributed by atoms with van der Waals surface area (Å²) in [5, 5.41) is 3.29. The maximum Gasteiger partial charge on any atom is 0.225 e. The fourth-order valence-corrected chi connectivity index (χ4v) is 1.48. The monoisotopic (exact) mass is 193 g/mol. The maximum absolute atomic E-state index is 5.47. The number of anilines is 1. The van der Waals surface area contributed by atoms with E-state index in [1.807, 2.05) is 0 Å². The molecule has 0 bridgehead atoms. The van der Waals surface area contributed by atoms with Gasteiger partial charge in [-0.3, -0.25) is 0 Å². The highest BCUT2D eigenvalue weighted by molar-refractivity contribution is 5.30. The number of nitrogens with two attached hydrogens (primary N) is 1. The first-order chi connectivity index (χ1) is 6.90. The number of nitrogens with zero attached hydrogens (tertiary/aromatic N) is 3. The number of hydrogen-bond acceptors (Lipinski definition) is 5. The molecule has 1 aromatic heterocycles. The van der Waals surface area contributed by atoms with E-state index in [1.54, 1.807) is 12.4 Å². The molecule has 5 nitrogen and oxygen atoms in total. The van der Waals surface area contributed by atoms with Gasteiger partial charge in [0.2, 0.25) is 5.95 Å². The van der Waals surface area contributed by atoms with Crippen LogP contribution in [-0.2, 0) is 6.54 Å². The average molecular weight is 193 g/mol. The summed E-state index contributed by atoms with van der Waals surface area (Å²) in [5.41, 5.74) is 6.45. The summed E-state index contributed by atoms with van der Waals surface area (Å²) in [5.74, 6) is 0.809. The number of nitrogens with one attached hydrogen (secondary N) is 1. The summed E-state index contributed by atoms with van der Waals surface area (Å²) < 4.78 is 0. The lowest BCUT2D eigenvalue weighted by molar-refractivity contribution is 0.579. The van der Waals surface area contributed by atoms with E-state index in [1.165, 1.54) is 0 Å². The molecule has 14 heavy (non-hydrogen) atoms. The van der Waals surface area contributed by atoms with Crippen molar-refractivity contribution in [2.75, 3.05) is 31.1 Å². The van der Waals surface area contributed by atoms with Crippen molar-refractivity contribution in [1.29, 1.82) is 0 Å². The fraction of sp³-hybridized carbons (Fsp3) is 0.556. The average Bonchev–Trinajstić information content (AvgIpc) is 2.30. The molecule has 1 aliphatic heterocycles. The molecule has 0 spiro atoms. The quantitative estimate of drug-likeness (QED) is 0.653. The molecule has 1 fully saturated rings. The van der Waals surface area contributed by atoms with E-state index in [0.717, 1.165) is 37.7 Å². The Morgan fingerprint density at radius 1 is 1.29 bits per heavy atom. The second-order valence-corrected chi connectivity index (χ2v) is 3.33. The van der Waals surface area contributed by atoms with E-state index in [0.29, 0.717) is 6.54 Å². The van der Waals surface area contributed by atoms with Gasteiger partial charge in [0, 0.05) is 50.7 Å². The number of aromatic nitrogens is 2. The predicted octanol–water partition coefficient (Wildman–Crippen LogP) is -0.655. The van der Waals surface area contributed by atoms with Crippen LogP contribution in [0.15, 0.2) is 12.4 Å². The van der Waals surface area contributed by atoms with Gasteiger partial charge < -0.3 is 16.0 Å². The Kier molecular flexibility index (Phi) is 2.90. The number of piperazine rings is 1. The van der Waals surface area contributed by atoms with Crippen LogP contribution in [0.5, 0.6) is 0 Å². The van der Waals surface area contributed by atoms with Crippen LogP contribution in [0.25, 0.3) is 0 Å². The highest BCUT2D eigenvalue weighted by Gasteiger charge is 2.11. The van der Waals surface area contributed by atoms with Crippen LogP contribution >= 0.6 is 0 Å². The lowest BCUT2D eigenvalue weighted by Gasteiger charge is -2.27. The van der Waals surface area contributed by atoms with Crippen LogP contribution < -0.4 is 16.0 Å². The molecule has 1 saturated heterocycles. The van der Waals surface area contributed by atoms with Gasteiger partial charge in [-0.05, 0) is 0 Å². The van der Waals surface area contributed by atoms with Gasteiger partial charge in [0.15, 0.2) is 0 Å². The van der Waals surface area contributed by atoms with Gasteiger partial charge in [-0.25, -0.2) is 9.97 Å². The first kappa shape index (κ1) is 9.36. The molecule has 0 unspecified atom stereocenters. The maximum atomic E-state index is 5.47. The smallest absolute Gasteiger partial charge is 0.225 e. The molecule has 76 valence electrons. The molecule has 2 heterocycles. The molecule has 2 rings (SSSR count). The summed E-state index contributed by atoms with van der Waals surface area (Å²) in [6, 6.07) is 0. The van der Waals surface area contributed by atoms with Crippen LogP contribution in [0.1, 0.15) is 5.56 Å². The number of rotatable bonds is 2. The second-order valence-electron chi connectivity index (χ2n) is 3.33. The first-order valence-electron chi connectivity index (χ1n) is 4.87. The van der Waals surface area contributed by atoms with Crippen molar-refractivity contribution >= 4 is 5.95 Å². The number of hydrogen-bond donors (Lipinski definition) is 2. The van der Waals surface area contributed by atoms with Crippen LogP contribution in [0.3, 0.4) is 0 Å². The Labute approximate surface area is 83.3 Å². The Bertz CT molecular complexity index is 278. The SMILES string of the molecule is NCc1cnc(N2CCNCC2)nc1. The third-order valence-corrected chi connectivity index (χ3v) is 2.33. The standard InChI is InChI=1S/C9H15N5/c10-5-8-6-12-9(13-7-8)14-3-1-11-2-4-14/h6-7,11H,1-5,10H2. The minimum atomic E-state index is 0.502. The lowest BCUT2D eigenvalue weighted by atomic mass is 10.3. The van der Waals surface area contributed by atoms with Crippen molar-refractivity contribution in [3.63, 3.8) is 0 Å². The van der Waals surface area contributed by atoms with Crippen LogP contribution in [0.4, 0.5) is 5.95 Å². The molecular weight excluding hydrogens is 178 g/mol. The topological polar surface area (TPSA) is 67.1 Å². The highest BCUT2D eigenvalue weighted by Crippen LogP contribution is 2.07. The summed E-state index contributed by atoms with van der Waals surface area (Å²) in [6.07, 6.45) is 3.59. The summed E-state index contributed by atoms with van der Waals surface area (Å²) in [4.78, 5) is 10.7. The fourth-order valence-electron chi connectivity index (χ4n) is 1.48. The van der Waals surface area contributed by atoms with Crippen molar-refractivity contribution in [2.45, 2.75) is 6.54 Å². The molecule has 0 saturated carbocycles. The van der Waals surface area contributed by atoms with Gasteiger partial charge >= 0.3 is 0 Å². The van der Waals surface area contributed by atoms with E-state index in [4.69, 9.17) is 5.73 Å². The van der Waals surface area contributed by atoms with E-state index in [-0.39, 0.29) is 0 Å². The normalized spacial score (nSPS) is 17.1. The van der Waals surface area contributed by atoms with Crippen molar-refractivity contribution in [1.82, 2.24) is 15.3 Å². The minimum Gasteiger partial charge on any atom is -0.338 e. The zero-order valence-corrected chi connectivity index (χ0v) is 8.11. The third kappa shape index (κ3) is 2.00. The minimum absolute atomic E-state index is 0.502. The summed E-state index contributed by atoms with van der Waals surface area (Å²) >= 11 is 0. The zero-order valence-electron chi connectivity index (χ0n) is 8.11. The molecule has 1 aliphatic rings. The Morgan fingerprint density at radius 3 is 2.50 bits per heavy atom. The van der Waals surface area contributed by atoms with E-state index in [9.17, 15) is 0 Å². The largest absolute Gasteiger partial charge is 0.338 e. The van der Waals surface area contributed by atoms with Crippen molar-refractivity contribution in [2.24, 2.45) is 5.73 Å². The molecule has 0 aliphatic carbocycles. The van der Waals surface area contributed by atoms with Gasteiger partial charge in [0.25, 0.3) is 0 Å². The third-order valence-electron chi connectivity index (χ3n) is 2.33. The predicted molar refractivity (Wildman–Crippen MR) is 55.0 cm³/mol. The Hall–Kier alpha value is -1.20. The van der Waals surface area contributed by atoms with Gasteiger partial charge in [0.1, 0.15) is 0 Å². The van der Waals surface area contributed by atoms with Crippen molar-refractivity contribution in [3.8, 4) is 0 Å². The molecule has 0 atom stereocenters. The summed E-state index contributed by atoms with van der Waals surface area (Å²) in [7, 11) is 0. The van der Waals surface area contributed by atoms with E-state index in [2.05, 4.69) is 20.2 Å². The molecular formula is C9H15N5. The summed E-state index contributed by atoms with van der Waals surface area (Å²) in [6.45, 7) is 4.45.